The summed E-state index contributed by atoms with van der Waals surface area (Å²) >= 11 is 0. The summed E-state index contributed by atoms with van der Waals surface area (Å²) in [6, 6.07) is 22.2. The molecule has 8 bridgehead atoms. The fraction of sp³-hybridized carbons (Fsp3) is 0.286. The van der Waals surface area contributed by atoms with E-state index in [1.54, 1.807) is 0 Å². The molecule has 7 rings (SSSR count). The molecule has 0 spiro atoms. The van der Waals surface area contributed by atoms with Crippen molar-refractivity contribution in [3.05, 3.63) is 106 Å². The molecule has 0 saturated heterocycles. The van der Waals surface area contributed by atoms with Gasteiger partial charge in [0, 0.05) is 22.1 Å². The van der Waals surface area contributed by atoms with Gasteiger partial charge in [0.05, 0.1) is 28.3 Å². The molecule has 4 nitrogen and oxygen atoms in total. The fourth-order valence-corrected chi connectivity index (χ4v) is 7.81. The monoisotopic (exact) mass is 604 g/mol. The second-order valence-corrected chi connectivity index (χ2v) is 12.8. The molecule has 2 aliphatic carbocycles. The number of nitrogens with zero attached hydrogens (tertiary/aromatic N) is 2. The van der Waals surface area contributed by atoms with Gasteiger partial charge >= 0.3 is 0 Å². The zero-order chi connectivity index (χ0) is 32.3. The number of hydrogen-bond donors (Lipinski definition) is 2. The lowest BCUT2D eigenvalue weighted by molar-refractivity contribution is 1.14. The maximum Gasteiger partial charge on any atom is 0.0769 e. The van der Waals surface area contributed by atoms with E-state index in [9.17, 15) is 0 Å². The number of aromatic nitrogens is 4. The lowest BCUT2D eigenvalue weighted by atomic mass is 9.97. The second kappa shape index (κ2) is 11.6. The first-order valence-electron chi connectivity index (χ1n) is 16.9. The van der Waals surface area contributed by atoms with Crippen LogP contribution in [0.25, 0.3) is 66.6 Å². The minimum absolute atomic E-state index is 0.915. The summed E-state index contributed by atoms with van der Waals surface area (Å²) in [5.74, 6) is 0. The maximum absolute atomic E-state index is 5.51. The third-order valence-electron chi connectivity index (χ3n) is 10.4. The number of aryl methyl sites for hydroxylation is 4. The van der Waals surface area contributed by atoms with Gasteiger partial charge in [-0.15, -0.1) is 0 Å². The van der Waals surface area contributed by atoms with Gasteiger partial charge in [-0.3, -0.25) is 0 Å². The van der Waals surface area contributed by atoms with E-state index in [0.717, 1.165) is 70.5 Å². The van der Waals surface area contributed by atoms with Crippen LogP contribution in [0, 0.1) is 13.8 Å². The van der Waals surface area contributed by atoms with E-state index in [4.69, 9.17) is 9.97 Å². The third-order valence-corrected chi connectivity index (χ3v) is 10.4. The molecule has 0 aromatic carbocycles. The number of nitrogens with one attached hydrogen (secondary N) is 2. The molecule has 0 unspecified atom stereocenters. The number of aromatic amines is 2. The molecule has 46 heavy (non-hydrogen) atoms. The smallest absolute Gasteiger partial charge is 0.0769 e. The van der Waals surface area contributed by atoms with Gasteiger partial charge in [-0.25, -0.2) is 9.97 Å². The van der Waals surface area contributed by atoms with E-state index >= 15 is 0 Å². The molecule has 232 valence electrons. The summed E-state index contributed by atoms with van der Waals surface area (Å²) in [6.07, 6.45) is 3.72. The molecule has 4 aliphatic rings. The molecule has 3 aromatic heterocycles. The standard InChI is InChI=1S/C42H44N4/c1-9-30-23(5)34-20-35-24(6)31(10-2)37(44-35)22-39-33(12-4)26(8)42(46-39)40(29-18-27-16-14-13-15-17-28(27)19-29)41-25(7)32(11-3)38(45-41)21-36(30)43-34/h13-22,43,46H,9-12H2,1-8H3. The lowest BCUT2D eigenvalue weighted by Crippen LogP contribution is -1.88. The Kier molecular flexibility index (Phi) is 7.55. The zero-order valence-electron chi connectivity index (χ0n) is 28.5. The van der Waals surface area contributed by atoms with Crippen molar-refractivity contribution >= 4 is 44.4 Å². The summed E-state index contributed by atoms with van der Waals surface area (Å²) in [5, 5.41) is 0. The van der Waals surface area contributed by atoms with Crippen molar-refractivity contribution < 1.29 is 0 Å². The van der Waals surface area contributed by atoms with Crippen LogP contribution in [-0.4, -0.2) is 19.9 Å². The van der Waals surface area contributed by atoms with Gasteiger partial charge in [-0.2, -0.15) is 0 Å². The Bertz CT molecular complexity index is 2200. The highest BCUT2D eigenvalue weighted by Gasteiger charge is 2.24. The van der Waals surface area contributed by atoms with Gasteiger partial charge in [0.15, 0.2) is 0 Å². The van der Waals surface area contributed by atoms with E-state index < -0.39 is 0 Å². The van der Waals surface area contributed by atoms with Gasteiger partial charge in [0.1, 0.15) is 0 Å². The van der Waals surface area contributed by atoms with Gasteiger partial charge in [-0.1, -0.05) is 58.0 Å². The van der Waals surface area contributed by atoms with Gasteiger partial charge in [0.25, 0.3) is 0 Å². The molecule has 0 fully saturated rings. The van der Waals surface area contributed by atoms with Crippen LogP contribution in [0.2, 0.25) is 0 Å². The number of allylic oxidation sites excluding steroid dienone is 4. The average molecular weight is 605 g/mol. The van der Waals surface area contributed by atoms with E-state index in [-0.39, 0.29) is 0 Å². The van der Waals surface area contributed by atoms with Crippen LogP contribution >= 0.6 is 0 Å². The fourth-order valence-electron chi connectivity index (χ4n) is 7.81. The molecular formula is C42H44N4. The Morgan fingerprint density at radius 3 is 1.72 bits per heavy atom. The number of H-pyrrole nitrogens is 2. The van der Waals surface area contributed by atoms with E-state index in [2.05, 4.69) is 126 Å². The molecule has 0 atom stereocenters. The SMILES string of the molecule is CCC1=C(C)c2cc3[nH]c(cc4nc(c(-c5cc6cccccc-6c5)c5[nH]c(cc1n2)c(CC)c5C)C(C)=C4CC)c(CC)c3C. The van der Waals surface area contributed by atoms with Crippen LogP contribution in [-0.2, 0) is 12.8 Å². The van der Waals surface area contributed by atoms with Crippen molar-refractivity contribution in [1.82, 2.24) is 19.9 Å². The first-order chi connectivity index (χ1) is 22.3. The Hall–Kier alpha value is -4.70. The Balaban J connectivity index is 1.73. The van der Waals surface area contributed by atoms with Crippen molar-refractivity contribution in [2.24, 2.45) is 0 Å². The molecular weight excluding hydrogens is 560 g/mol. The van der Waals surface area contributed by atoms with Crippen LogP contribution in [0.5, 0.6) is 0 Å². The van der Waals surface area contributed by atoms with E-state index in [1.807, 2.05) is 0 Å². The molecule has 0 saturated carbocycles. The van der Waals surface area contributed by atoms with Crippen LogP contribution < -0.4 is 0 Å². The molecule has 0 amide bonds. The van der Waals surface area contributed by atoms with Crippen molar-refractivity contribution in [2.45, 2.75) is 81.1 Å². The summed E-state index contributed by atoms with van der Waals surface area (Å²) in [4.78, 5) is 18.5. The molecule has 2 N–H and O–H groups in total. The quantitative estimate of drug-likeness (QED) is 0.210. The van der Waals surface area contributed by atoms with Gasteiger partial charge in [-0.05, 0) is 145 Å². The Morgan fingerprint density at radius 1 is 0.522 bits per heavy atom. The first-order valence-corrected chi connectivity index (χ1v) is 16.9. The second-order valence-electron chi connectivity index (χ2n) is 12.8. The van der Waals surface area contributed by atoms with Gasteiger partial charge < -0.3 is 9.97 Å². The van der Waals surface area contributed by atoms with Crippen molar-refractivity contribution in [2.75, 3.05) is 0 Å². The van der Waals surface area contributed by atoms with Crippen molar-refractivity contribution in [3.8, 4) is 22.3 Å². The maximum atomic E-state index is 5.51. The molecule has 2 aliphatic heterocycles. The molecule has 3 aromatic rings. The third kappa shape index (κ3) is 4.65. The number of fused-ring (bicyclic) bond motifs is 9. The normalized spacial score (nSPS) is 13.4. The first kappa shape index (κ1) is 30.0. The average Bonchev–Trinajstić information content (AvgIpc) is 3.77. The summed E-state index contributed by atoms with van der Waals surface area (Å²) in [7, 11) is 0. The van der Waals surface area contributed by atoms with Crippen LogP contribution in [0.1, 0.15) is 99.4 Å². The van der Waals surface area contributed by atoms with E-state index in [1.165, 1.54) is 66.8 Å². The molecule has 4 heteroatoms. The summed E-state index contributed by atoms with van der Waals surface area (Å²) in [6.45, 7) is 18.0. The highest BCUT2D eigenvalue weighted by Crippen LogP contribution is 2.43. The minimum atomic E-state index is 0.915. The van der Waals surface area contributed by atoms with E-state index in [0.29, 0.717) is 0 Å². The molecule has 0 radical (unpaired) electrons. The van der Waals surface area contributed by atoms with Crippen LogP contribution in [0.3, 0.4) is 0 Å². The Labute approximate surface area is 272 Å². The number of rotatable bonds is 5. The Morgan fingerprint density at radius 2 is 1.09 bits per heavy atom. The van der Waals surface area contributed by atoms with Crippen molar-refractivity contribution in [1.29, 1.82) is 0 Å². The summed E-state index contributed by atoms with van der Waals surface area (Å²) < 4.78 is 0. The topological polar surface area (TPSA) is 57.4 Å². The summed E-state index contributed by atoms with van der Waals surface area (Å²) in [5.41, 5.74) is 23.9. The lowest BCUT2D eigenvalue weighted by Gasteiger charge is -2.06. The highest BCUT2D eigenvalue weighted by molar-refractivity contribution is 6.02. The predicted molar refractivity (Wildman–Crippen MR) is 197 cm³/mol. The molecule has 5 heterocycles. The number of hydrogen-bond acceptors (Lipinski definition) is 2. The predicted octanol–water partition coefficient (Wildman–Crippen LogP) is 11.5. The largest absolute Gasteiger partial charge is 0.355 e. The minimum Gasteiger partial charge on any atom is -0.355 e. The zero-order valence-corrected chi connectivity index (χ0v) is 28.5. The van der Waals surface area contributed by atoms with Crippen LogP contribution in [0.15, 0.2) is 60.7 Å². The highest BCUT2D eigenvalue weighted by atomic mass is 14.8. The van der Waals surface area contributed by atoms with Crippen LogP contribution in [0.4, 0.5) is 0 Å². The van der Waals surface area contributed by atoms with Gasteiger partial charge in [0.2, 0.25) is 0 Å². The van der Waals surface area contributed by atoms with Crippen molar-refractivity contribution in [3.63, 3.8) is 0 Å².